The van der Waals surface area contributed by atoms with Gasteiger partial charge < -0.3 is 15.0 Å². The third-order valence-electron chi connectivity index (χ3n) is 6.16. The van der Waals surface area contributed by atoms with E-state index in [1.54, 1.807) is 25.1 Å². The van der Waals surface area contributed by atoms with Gasteiger partial charge in [0.15, 0.2) is 11.5 Å². The Kier molecular flexibility index (Phi) is 6.01. The van der Waals surface area contributed by atoms with Crippen LogP contribution >= 0.6 is 0 Å². The number of nitrogens with zero attached hydrogens (tertiary/aromatic N) is 7. The van der Waals surface area contributed by atoms with Gasteiger partial charge >= 0.3 is 6.09 Å². The zero-order chi connectivity index (χ0) is 26.5. The first-order valence-electron chi connectivity index (χ1n) is 12.4. The van der Waals surface area contributed by atoms with Crippen LogP contribution in [0.1, 0.15) is 51.8 Å². The highest BCUT2D eigenvalue weighted by Gasteiger charge is 2.26. The van der Waals surface area contributed by atoms with Crippen LogP contribution in [-0.4, -0.2) is 52.3 Å². The van der Waals surface area contributed by atoms with E-state index in [1.165, 1.54) is 0 Å². The van der Waals surface area contributed by atoms with Gasteiger partial charge in [0, 0.05) is 50.3 Å². The van der Waals surface area contributed by atoms with E-state index in [2.05, 4.69) is 21.5 Å². The second-order valence-electron chi connectivity index (χ2n) is 10.6. The maximum Gasteiger partial charge on any atom is 0.410 e. The summed E-state index contributed by atoms with van der Waals surface area (Å²) in [6.07, 6.45) is 3.81. The summed E-state index contributed by atoms with van der Waals surface area (Å²) in [6.45, 7) is 10.6. The van der Waals surface area contributed by atoms with Crippen molar-refractivity contribution in [2.75, 3.05) is 11.9 Å². The first-order chi connectivity index (χ1) is 17.5. The third-order valence-corrected chi connectivity index (χ3v) is 6.16. The van der Waals surface area contributed by atoms with Gasteiger partial charge in [0.2, 0.25) is 5.95 Å². The van der Waals surface area contributed by atoms with E-state index < -0.39 is 5.60 Å². The molecule has 11 heteroatoms. The summed E-state index contributed by atoms with van der Waals surface area (Å²) in [4.78, 5) is 36.4. The minimum atomic E-state index is -0.524. The van der Waals surface area contributed by atoms with Crippen molar-refractivity contribution in [2.45, 2.75) is 59.2 Å². The predicted molar refractivity (Wildman–Crippen MR) is 140 cm³/mol. The van der Waals surface area contributed by atoms with Crippen LogP contribution in [0, 0.1) is 0 Å². The molecule has 5 rings (SSSR count). The fourth-order valence-electron chi connectivity index (χ4n) is 4.50. The van der Waals surface area contributed by atoms with Gasteiger partial charge in [-0.3, -0.25) is 9.48 Å². The smallest absolute Gasteiger partial charge is 0.410 e. The van der Waals surface area contributed by atoms with Gasteiger partial charge in [-0.1, -0.05) is 6.07 Å². The molecule has 0 saturated carbocycles. The number of carbonyl (C=O) groups excluding carboxylic acids is 1. The molecule has 37 heavy (non-hydrogen) atoms. The van der Waals surface area contributed by atoms with Crippen LogP contribution in [0.3, 0.4) is 0 Å². The number of amides is 1. The Morgan fingerprint density at radius 1 is 1.16 bits per heavy atom. The van der Waals surface area contributed by atoms with Gasteiger partial charge in [-0.05, 0) is 64.3 Å². The first kappa shape index (κ1) is 24.5. The Balaban J connectivity index is 1.43. The Morgan fingerprint density at radius 2 is 1.95 bits per heavy atom. The van der Waals surface area contributed by atoms with Crippen LogP contribution in [0.15, 0.2) is 41.5 Å². The number of nitrogens with one attached hydrogen (secondary N) is 1. The quantitative estimate of drug-likeness (QED) is 0.448. The highest BCUT2D eigenvalue weighted by molar-refractivity contribution is 5.77. The van der Waals surface area contributed by atoms with Gasteiger partial charge in [0.05, 0.1) is 0 Å². The summed E-state index contributed by atoms with van der Waals surface area (Å²) in [5.41, 5.74) is 2.87. The van der Waals surface area contributed by atoms with Crippen molar-refractivity contribution in [2.24, 2.45) is 7.05 Å². The van der Waals surface area contributed by atoms with Crippen molar-refractivity contribution in [1.29, 1.82) is 0 Å². The molecule has 0 aliphatic carbocycles. The molecule has 0 unspecified atom stereocenters. The second-order valence-corrected chi connectivity index (χ2v) is 10.6. The number of carbonyl (C=O) groups is 1. The zero-order valence-electron chi connectivity index (χ0n) is 22.0. The lowest BCUT2D eigenvalue weighted by atomic mass is 9.99. The average Bonchev–Trinajstić information content (AvgIpc) is 3.38. The summed E-state index contributed by atoms with van der Waals surface area (Å²) in [6, 6.07) is 7.75. The van der Waals surface area contributed by atoms with Gasteiger partial charge in [-0.15, -0.1) is 0 Å². The van der Waals surface area contributed by atoms with Gasteiger partial charge in [-0.2, -0.15) is 10.1 Å². The van der Waals surface area contributed by atoms with Crippen molar-refractivity contribution >= 4 is 28.8 Å². The molecule has 4 aromatic rings. The monoisotopic (exact) mass is 504 g/mol. The lowest BCUT2D eigenvalue weighted by Crippen LogP contribution is -2.39. The molecule has 194 valence electrons. The van der Waals surface area contributed by atoms with Crippen LogP contribution in [0.25, 0.3) is 16.9 Å². The molecule has 1 aromatic carbocycles. The van der Waals surface area contributed by atoms with Crippen LogP contribution in [-0.2, 0) is 24.8 Å². The average molecular weight is 505 g/mol. The summed E-state index contributed by atoms with van der Waals surface area (Å²) in [5, 5.41) is 8.19. The lowest BCUT2D eigenvalue weighted by Gasteiger charge is -2.31. The molecule has 1 aliphatic rings. The van der Waals surface area contributed by atoms with E-state index in [4.69, 9.17) is 9.72 Å². The summed E-state index contributed by atoms with van der Waals surface area (Å²) in [7, 11) is 1.83. The number of hydrogen-bond acceptors (Lipinski definition) is 7. The van der Waals surface area contributed by atoms with E-state index in [1.807, 2.05) is 66.1 Å². The van der Waals surface area contributed by atoms with E-state index in [0.29, 0.717) is 35.9 Å². The van der Waals surface area contributed by atoms with Crippen molar-refractivity contribution in [3.63, 3.8) is 0 Å². The van der Waals surface area contributed by atoms with Crippen LogP contribution < -0.4 is 10.9 Å². The Morgan fingerprint density at radius 3 is 2.62 bits per heavy atom. The standard InChI is InChI=1S/C26H32N8O3/c1-16(2)33-23(35)20-14-27-24(29-22(20)34(33)21-10-11-31(6)30-21)28-19-8-7-18-15-32(12-9-17(18)13-19)25(36)37-26(3,4)5/h7-8,10-11,13-14,16H,9,12,15H2,1-6H3,(H,27,28,29). The molecule has 0 spiro atoms. The van der Waals surface area contributed by atoms with E-state index in [-0.39, 0.29) is 17.7 Å². The number of hydrogen-bond donors (Lipinski definition) is 1. The maximum absolute atomic E-state index is 13.1. The molecule has 0 saturated heterocycles. The molecule has 1 N–H and O–H groups in total. The molecule has 1 amide bonds. The number of fused-ring (bicyclic) bond motifs is 2. The molecule has 0 bridgehead atoms. The number of ether oxygens (including phenoxy) is 1. The zero-order valence-corrected chi connectivity index (χ0v) is 22.0. The number of rotatable bonds is 4. The largest absolute Gasteiger partial charge is 0.444 e. The molecule has 0 fully saturated rings. The highest BCUT2D eigenvalue weighted by Crippen LogP contribution is 2.26. The molecular formula is C26H32N8O3. The molecular weight excluding hydrogens is 472 g/mol. The van der Waals surface area contributed by atoms with E-state index in [9.17, 15) is 9.59 Å². The second kappa shape index (κ2) is 9.06. The van der Waals surface area contributed by atoms with Gasteiger partial charge in [0.25, 0.3) is 5.56 Å². The van der Waals surface area contributed by atoms with Gasteiger partial charge in [-0.25, -0.2) is 19.1 Å². The molecule has 0 radical (unpaired) electrons. The summed E-state index contributed by atoms with van der Waals surface area (Å²) < 4.78 is 10.6. The summed E-state index contributed by atoms with van der Waals surface area (Å²) >= 11 is 0. The van der Waals surface area contributed by atoms with E-state index in [0.717, 1.165) is 23.2 Å². The normalized spacial score (nSPS) is 13.8. The molecule has 4 heterocycles. The Bertz CT molecular complexity index is 1540. The Labute approximate surface area is 214 Å². The molecule has 0 atom stereocenters. The lowest BCUT2D eigenvalue weighted by molar-refractivity contribution is 0.0224. The van der Waals surface area contributed by atoms with E-state index >= 15 is 0 Å². The number of anilines is 2. The van der Waals surface area contributed by atoms with Crippen molar-refractivity contribution in [1.82, 2.24) is 34.0 Å². The maximum atomic E-state index is 13.1. The first-order valence-corrected chi connectivity index (χ1v) is 12.4. The number of aryl methyl sites for hydroxylation is 1. The topological polar surface area (TPSA) is 112 Å². The van der Waals surface area contributed by atoms with Crippen LogP contribution in [0.5, 0.6) is 0 Å². The minimum absolute atomic E-state index is 0.0963. The Hall–Kier alpha value is -4.15. The fraction of sp³-hybridized carbons (Fsp3) is 0.423. The van der Waals surface area contributed by atoms with Crippen LogP contribution in [0.4, 0.5) is 16.4 Å². The molecule has 3 aromatic heterocycles. The predicted octanol–water partition coefficient (Wildman–Crippen LogP) is 3.93. The highest BCUT2D eigenvalue weighted by atomic mass is 16.6. The fourth-order valence-corrected chi connectivity index (χ4v) is 4.50. The van der Waals surface area contributed by atoms with Gasteiger partial charge in [0.1, 0.15) is 11.0 Å². The molecule has 1 aliphatic heterocycles. The van der Waals surface area contributed by atoms with Crippen molar-refractivity contribution in [3.05, 3.63) is 58.1 Å². The summed E-state index contributed by atoms with van der Waals surface area (Å²) in [5.74, 6) is 0.987. The van der Waals surface area contributed by atoms with Crippen molar-refractivity contribution < 1.29 is 9.53 Å². The number of benzene rings is 1. The third kappa shape index (κ3) is 4.81. The van der Waals surface area contributed by atoms with Crippen molar-refractivity contribution in [3.8, 4) is 5.82 Å². The minimum Gasteiger partial charge on any atom is -0.444 e. The van der Waals surface area contributed by atoms with Crippen LogP contribution in [0.2, 0.25) is 0 Å². The number of aromatic nitrogens is 6. The molecule has 11 nitrogen and oxygen atoms in total. The SMILES string of the molecule is CC(C)n1c(=O)c2cnc(Nc3ccc4c(c3)CCN(C(=O)OC(C)(C)C)C4)nc2n1-c1ccn(C)n1.